The summed E-state index contributed by atoms with van der Waals surface area (Å²) in [6.45, 7) is 0.419. The summed E-state index contributed by atoms with van der Waals surface area (Å²) in [7, 11) is 0. The van der Waals surface area contributed by atoms with Crippen LogP contribution in [0.3, 0.4) is 0 Å². The Labute approximate surface area is 133 Å². The van der Waals surface area contributed by atoms with E-state index in [4.69, 9.17) is 0 Å². The Morgan fingerprint density at radius 3 is 2.91 bits per heavy atom. The van der Waals surface area contributed by atoms with Crippen molar-refractivity contribution in [1.29, 1.82) is 0 Å². The molecule has 23 heavy (non-hydrogen) atoms. The van der Waals surface area contributed by atoms with Crippen LogP contribution in [0.5, 0.6) is 0 Å². The van der Waals surface area contributed by atoms with Gasteiger partial charge in [-0.2, -0.15) is 5.10 Å². The van der Waals surface area contributed by atoms with E-state index in [1.54, 1.807) is 18.2 Å². The van der Waals surface area contributed by atoms with Gasteiger partial charge in [0.25, 0.3) is 5.91 Å². The van der Waals surface area contributed by atoms with Crippen molar-refractivity contribution < 1.29 is 14.3 Å². The standard InChI is InChI=1S/C17H20FN3O2/c18-14-7-3-2-6-12(14)16-13(10-20-21-16)17(23)19-9-11-5-1-4-8-15(11)22/h2-3,6-7,10-11,15,22H,1,4-5,8-9H2,(H,19,23)(H,20,21)/t11-,15-/m1/s1. The van der Waals surface area contributed by atoms with E-state index in [1.165, 1.54) is 12.3 Å². The topological polar surface area (TPSA) is 78.0 Å². The minimum Gasteiger partial charge on any atom is -0.393 e. The summed E-state index contributed by atoms with van der Waals surface area (Å²) >= 11 is 0. The number of rotatable bonds is 4. The number of H-pyrrole nitrogens is 1. The van der Waals surface area contributed by atoms with Gasteiger partial charge >= 0.3 is 0 Å². The summed E-state index contributed by atoms with van der Waals surface area (Å²) in [6.07, 6.45) is 4.84. The Bertz CT molecular complexity index is 686. The molecule has 0 unspecified atom stereocenters. The largest absolute Gasteiger partial charge is 0.393 e. The van der Waals surface area contributed by atoms with Gasteiger partial charge in [-0.05, 0) is 25.0 Å². The highest BCUT2D eigenvalue weighted by Gasteiger charge is 2.24. The molecule has 0 bridgehead atoms. The van der Waals surface area contributed by atoms with Crippen molar-refractivity contribution in [1.82, 2.24) is 15.5 Å². The number of halogens is 1. The molecule has 0 spiro atoms. The zero-order valence-electron chi connectivity index (χ0n) is 12.8. The molecule has 3 N–H and O–H groups in total. The number of carbonyl (C=O) groups is 1. The van der Waals surface area contributed by atoms with E-state index in [9.17, 15) is 14.3 Å². The number of nitrogens with zero attached hydrogens (tertiary/aromatic N) is 1. The molecule has 2 atom stereocenters. The molecule has 122 valence electrons. The van der Waals surface area contributed by atoms with Crippen LogP contribution in [0.15, 0.2) is 30.5 Å². The lowest BCUT2D eigenvalue weighted by Gasteiger charge is -2.27. The van der Waals surface area contributed by atoms with Crippen LogP contribution in [-0.2, 0) is 0 Å². The monoisotopic (exact) mass is 317 g/mol. The number of amides is 1. The SMILES string of the molecule is O=C(NC[C@H]1CCCC[C@H]1O)c1cn[nH]c1-c1ccccc1F. The minimum atomic E-state index is -0.409. The molecule has 1 heterocycles. The highest BCUT2D eigenvalue weighted by atomic mass is 19.1. The van der Waals surface area contributed by atoms with Gasteiger partial charge in [0.1, 0.15) is 5.82 Å². The van der Waals surface area contributed by atoms with Crippen molar-refractivity contribution in [2.45, 2.75) is 31.8 Å². The lowest BCUT2D eigenvalue weighted by molar-refractivity contribution is 0.0663. The van der Waals surface area contributed by atoms with Crippen molar-refractivity contribution in [3.8, 4) is 11.3 Å². The summed E-state index contributed by atoms with van der Waals surface area (Å²) in [6, 6.07) is 6.25. The first-order valence-corrected chi connectivity index (χ1v) is 7.91. The van der Waals surface area contributed by atoms with Gasteiger partial charge in [0.2, 0.25) is 0 Å². The summed E-state index contributed by atoms with van der Waals surface area (Å²) in [5, 5.41) is 19.4. The third kappa shape index (κ3) is 3.42. The van der Waals surface area contributed by atoms with E-state index in [0.717, 1.165) is 25.7 Å². The Morgan fingerprint density at radius 2 is 2.13 bits per heavy atom. The Kier molecular flexibility index (Phi) is 4.71. The second-order valence-corrected chi connectivity index (χ2v) is 5.96. The molecule has 1 aromatic carbocycles. The van der Waals surface area contributed by atoms with Gasteiger partial charge in [0, 0.05) is 18.0 Å². The van der Waals surface area contributed by atoms with Crippen molar-refractivity contribution in [3.05, 3.63) is 41.8 Å². The molecule has 3 rings (SSSR count). The number of hydrogen-bond donors (Lipinski definition) is 3. The predicted octanol–water partition coefficient (Wildman–Crippen LogP) is 2.50. The maximum absolute atomic E-state index is 13.9. The summed E-state index contributed by atoms with van der Waals surface area (Å²) in [5.74, 6) is -0.639. The van der Waals surface area contributed by atoms with E-state index in [2.05, 4.69) is 15.5 Å². The molecule has 5 nitrogen and oxygen atoms in total. The fourth-order valence-electron chi connectivity index (χ4n) is 3.07. The van der Waals surface area contributed by atoms with Crippen molar-refractivity contribution in [2.24, 2.45) is 5.92 Å². The number of hydrogen-bond acceptors (Lipinski definition) is 3. The molecule has 0 saturated heterocycles. The number of aliphatic hydroxyl groups excluding tert-OH is 1. The van der Waals surface area contributed by atoms with Crippen LogP contribution < -0.4 is 5.32 Å². The van der Waals surface area contributed by atoms with Gasteiger partial charge in [-0.3, -0.25) is 9.89 Å². The van der Waals surface area contributed by atoms with Gasteiger partial charge < -0.3 is 10.4 Å². The zero-order valence-corrected chi connectivity index (χ0v) is 12.8. The number of nitrogens with one attached hydrogen (secondary N) is 2. The van der Waals surface area contributed by atoms with Crippen LogP contribution in [0.25, 0.3) is 11.3 Å². The molecule has 1 aliphatic carbocycles. The van der Waals surface area contributed by atoms with Gasteiger partial charge in [0.05, 0.1) is 23.6 Å². The number of carbonyl (C=O) groups excluding carboxylic acids is 1. The summed E-state index contributed by atoms with van der Waals surface area (Å²) < 4.78 is 13.9. The van der Waals surface area contributed by atoms with Crippen LogP contribution in [-0.4, -0.2) is 33.9 Å². The maximum Gasteiger partial charge on any atom is 0.255 e. The van der Waals surface area contributed by atoms with Crippen LogP contribution in [0, 0.1) is 11.7 Å². The molecule has 6 heteroatoms. The molecule has 1 aromatic heterocycles. The van der Waals surface area contributed by atoms with Crippen molar-refractivity contribution in [3.63, 3.8) is 0 Å². The van der Waals surface area contributed by atoms with Crippen LogP contribution in [0.1, 0.15) is 36.0 Å². The number of aliphatic hydroxyl groups is 1. The molecule has 2 aromatic rings. The fourth-order valence-corrected chi connectivity index (χ4v) is 3.07. The number of aromatic amines is 1. The van der Waals surface area contributed by atoms with Gasteiger partial charge in [0.15, 0.2) is 0 Å². The lowest BCUT2D eigenvalue weighted by Crippen LogP contribution is -2.36. The number of benzene rings is 1. The van der Waals surface area contributed by atoms with Crippen molar-refractivity contribution in [2.75, 3.05) is 6.54 Å². The average molecular weight is 317 g/mol. The van der Waals surface area contributed by atoms with Crippen LogP contribution >= 0.6 is 0 Å². The lowest BCUT2D eigenvalue weighted by atomic mass is 9.86. The minimum absolute atomic E-state index is 0.0801. The van der Waals surface area contributed by atoms with Gasteiger partial charge in [-0.25, -0.2) is 4.39 Å². The molecule has 0 aliphatic heterocycles. The quantitative estimate of drug-likeness (QED) is 0.811. The van der Waals surface area contributed by atoms with E-state index in [0.29, 0.717) is 23.4 Å². The first-order valence-electron chi connectivity index (χ1n) is 7.91. The van der Waals surface area contributed by atoms with Gasteiger partial charge in [-0.15, -0.1) is 0 Å². The number of aromatic nitrogens is 2. The normalized spacial score (nSPS) is 21.1. The smallest absolute Gasteiger partial charge is 0.255 e. The Morgan fingerprint density at radius 1 is 1.35 bits per heavy atom. The third-order valence-corrected chi connectivity index (χ3v) is 4.42. The highest BCUT2D eigenvalue weighted by Crippen LogP contribution is 2.25. The highest BCUT2D eigenvalue weighted by molar-refractivity contribution is 5.99. The first kappa shape index (κ1) is 15.7. The third-order valence-electron chi connectivity index (χ3n) is 4.42. The second-order valence-electron chi connectivity index (χ2n) is 5.96. The molecular weight excluding hydrogens is 297 g/mol. The zero-order chi connectivity index (χ0) is 16.2. The van der Waals surface area contributed by atoms with Gasteiger partial charge in [-0.1, -0.05) is 25.0 Å². The van der Waals surface area contributed by atoms with E-state index in [-0.39, 0.29) is 17.9 Å². The maximum atomic E-state index is 13.9. The van der Waals surface area contributed by atoms with E-state index >= 15 is 0 Å². The van der Waals surface area contributed by atoms with Crippen molar-refractivity contribution >= 4 is 5.91 Å². The Balaban J connectivity index is 1.71. The summed E-state index contributed by atoms with van der Waals surface area (Å²) in [5.41, 5.74) is 0.984. The molecule has 1 aliphatic rings. The van der Waals surface area contributed by atoms with E-state index < -0.39 is 5.82 Å². The fraction of sp³-hybridized carbons (Fsp3) is 0.412. The first-order chi connectivity index (χ1) is 11.2. The average Bonchev–Trinajstić information content (AvgIpc) is 3.04. The molecule has 1 fully saturated rings. The summed E-state index contributed by atoms with van der Waals surface area (Å²) in [4.78, 5) is 12.4. The second kappa shape index (κ2) is 6.91. The van der Waals surface area contributed by atoms with Crippen LogP contribution in [0.2, 0.25) is 0 Å². The molecular formula is C17H20FN3O2. The molecule has 1 saturated carbocycles. The molecule has 0 radical (unpaired) electrons. The Hall–Kier alpha value is -2.21. The van der Waals surface area contributed by atoms with Crippen LogP contribution in [0.4, 0.5) is 4.39 Å². The predicted molar refractivity (Wildman–Crippen MR) is 84.3 cm³/mol. The van der Waals surface area contributed by atoms with E-state index in [1.807, 2.05) is 0 Å². The molecule has 1 amide bonds.